The van der Waals surface area contributed by atoms with E-state index in [2.05, 4.69) is 0 Å². The summed E-state index contributed by atoms with van der Waals surface area (Å²) >= 11 is 0. The van der Waals surface area contributed by atoms with Crippen molar-refractivity contribution in [2.75, 3.05) is 0 Å². The molecule has 0 amide bonds. The van der Waals surface area contributed by atoms with Crippen molar-refractivity contribution in [2.45, 2.75) is 0 Å². The van der Waals surface area contributed by atoms with Crippen molar-refractivity contribution in [3.05, 3.63) is 0 Å². The van der Waals surface area contributed by atoms with Gasteiger partial charge < -0.3 is 0 Å². The predicted octanol–water partition coefficient (Wildman–Crippen LogP) is -2.64. The van der Waals surface area contributed by atoms with E-state index in [4.69, 9.17) is 0 Å². The van der Waals surface area contributed by atoms with Crippen LogP contribution < -0.4 is 0 Å². The maximum Gasteiger partial charge on any atom is 0 e. The summed E-state index contributed by atoms with van der Waals surface area (Å²) in [5.74, 6) is 0. The van der Waals surface area contributed by atoms with Gasteiger partial charge in [0.1, 0.15) is 0 Å². The first-order chi connectivity index (χ1) is 0. The number of hydrogen-bond donors (Lipinski definition) is 0. The summed E-state index contributed by atoms with van der Waals surface area (Å²) in [6, 6.07) is 0. The van der Waals surface area contributed by atoms with E-state index in [9.17, 15) is 0 Å². The van der Waals surface area contributed by atoms with Crippen LogP contribution in [0.1, 0.15) is 0 Å². The molecule has 4 heteroatoms. The van der Waals surface area contributed by atoms with Crippen molar-refractivity contribution >= 4 is 37.4 Å². The van der Waals surface area contributed by atoms with Crippen LogP contribution in [-0.4, -0.2) is 37.4 Å². The molecule has 18 valence electrons. The molecule has 0 nitrogen and oxygen atoms in total. The summed E-state index contributed by atoms with van der Waals surface area (Å²) in [5, 5.41) is 0. The first kappa shape index (κ1) is 29.7. The van der Waals surface area contributed by atoms with Crippen molar-refractivity contribution in [3.63, 3.8) is 0 Å². The summed E-state index contributed by atoms with van der Waals surface area (Å²) in [6.45, 7) is 0. The van der Waals surface area contributed by atoms with Gasteiger partial charge >= 0.3 is 37.4 Å². The molecule has 0 aromatic heterocycles. The Bertz CT molecular complexity index is 8.00. The molecule has 0 saturated carbocycles. The molecule has 0 rings (SSSR count). The van der Waals surface area contributed by atoms with Crippen LogP contribution in [0.25, 0.3) is 0 Å². The fourth-order valence-corrected chi connectivity index (χ4v) is 0. The summed E-state index contributed by atoms with van der Waals surface area (Å²) in [5.41, 5.74) is 0. The molecule has 0 aliphatic rings. The summed E-state index contributed by atoms with van der Waals surface area (Å²) in [7, 11) is 0. The molecule has 0 N–H and O–H groups in total. The second kappa shape index (κ2) is 17.2. The Balaban J connectivity index is 0. The Morgan fingerprint density at radius 3 is 1.00 bits per heavy atom. The normalized spacial score (nSPS) is 0. The molecule has 0 aromatic rings. The SMILES string of the molecule is [Cd].[GaH3].[GeH4].[Zn]. The fraction of sp³-hybridized carbons (Fsp3) is 0. The predicted molar refractivity (Wildman–Crippen MR) is 21.3 cm³/mol. The summed E-state index contributed by atoms with van der Waals surface area (Å²) in [6.07, 6.45) is 0. The van der Waals surface area contributed by atoms with E-state index in [1.807, 2.05) is 0 Å². The zero-order chi connectivity index (χ0) is 0. The van der Waals surface area contributed by atoms with Crippen LogP contribution in [0.4, 0.5) is 0 Å². The molecule has 0 radical (unpaired) electrons. The maximum atomic E-state index is 0. The fourth-order valence-electron chi connectivity index (χ4n) is 0. The zero-order valence-electron chi connectivity index (χ0n) is 1.41. The standard InChI is InChI=1S/Cd.Ga.GeH4.Zn.3H/h;;1H4;;;;. The first-order valence-electron chi connectivity index (χ1n) is 0. The second-order valence-corrected chi connectivity index (χ2v) is 0. The smallest absolute Gasteiger partial charge is 0 e. The Hall–Kier alpha value is 2.72. The molecule has 0 atom stereocenters. The Labute approximate surface area is 82.8 Å². The van der Waals surface area contributed by atoms with Crippen LogP contribution in [0.2, 0.25) is 0 Å². The minimum atomic E-state index is 0. The van der Waals surface area contributed by atoms with E-state index >= 15 is 0 Å². The van der Waals surface area contributed by atoms with Crippen molar-refractivity contribution < 1.29 is 46.8 Å². The minimum absolute atomic E-state index is 0. The molecule has 0 saturated heterocycles. The van der Waals surface area contributed by atoms with Gasteiger partial charge in [-0.2, -0.15) is 0 Å². The second-order valence-electron chi connectivity index (χ2n) is 0. The number of hydrogen-bond acceptors (Lipinski definition) is 0. The van der Waals surface area contributed by atoms with Gasteiger partial charge in [-0.1, -0.05) is 0 Å². The number of rotatable bonds is 0. The molecular weight excluding hydrogens is 320 g/mol. The Kier molecular flexibility index (Phi) is 128. The van der Waals surface area contributed by atoms with Gasteiger partial charge in [-0.05, 0) is 0 Å². The molecule has 0 aliphatic heterocycles. The molecule has 0 fully saturated rings. The molecule has 0 aliphatic carbocycles. The molecule has 0 spiro atoms. The van der Waals surface area contributed by atoms with Gasteiger partial charge in [0, 0.05) is 46.8 Å². The van der Waals surface area contributed by atoms with Gasteiger partial charge in [0.25, 0.3) is 0 Å². The van der Waals surface area contributed by atoms with E-state index in [-0.39, 0.29) is 84.2 Å². The van der Waals surface area contributed by atoms with Crippen LogP contribution in [0, 0.1) is 0 Å². The van der Waals surface area contributed by atoms with Gasteiger partial charge in [0.05, 0.1) is 0 Å². The average Bonchev–Trinajstić information content (AvgIpc) is 0. The van der Waals surface area contributed by atoms with E-state index in [1.165, 1.54) is 0 Å². The van der Waals surface area contributed by atoms with Gasteiger partial charge in [-0.15, -0.1) is 0 Å². The summed E-state index contributed by atoms with van der Waals surface area (Å²) < 4.78 is 0. The summed E-state index contributed by atoms with van der Waals surface area (Å²) in [4.78, 5) is 0. The molecule has 0 aromatic carbocycles. The van der Waals surface area contributed by atoms with Crippen molar-refractivity contribution in [2.24, 2.45) is 0 Å². The minimum Gasteiger partial charge on any atom is 0 e. The molecular formula is H7CdGaGeZn. The van der Waals surface area contributed by atoms with Gasteiger partial charge in [0.15, 0.2) is 0 Å². The van der Waals surface area contributed by atoms with Crippen molar-refractivity contribution in [1.29, 1.82) is 0 Å². The molecule has 0 heterocycles. The third kappa shape index (κ3) is 8.83. The monoisotopic (exact) mass is 328 g/mol. The molecule has 0 bridgehead atoms. The molecule has 4 heavy (non-hydrogen) atoms. The van der Waals surface area contributed by atoms with Gasteiger partial charge in [-0.25, -0.2) is 0 Å². The van der Waals surface area contributed by atoms with Crippen LogP contribution in [0.5, 0.6) is 0 Å². The van der Waals surface area contributed by atoms with Crippen molar-refractivity contribution in [3.8, 4) is 0 Å². The third-order valence-electron chi connectivity index (χ3n) is 0. The Morgan fingerprint density at radius 1 is 1.00 bits per heavy atom. The average molecular weight is 327 g/mol. The zero-order valence-corrected chi connectivity index (χ0v) is 8.42. The topological polar surface area (TPSA) is 0 Å². The van der Waals surface area contributed by atoms with Crippen LogP contribution >= 0.6 is 0 Å². The molecule has 0 unspecified atom stereocenters. The van der Waals surface area contributed by atoms with Crippen LogP contribution in [0.3, 0.4) is 0 Å². The van der Waals surface area contributed by atoms with E-state index < -0.39 is 0 Å². The van der Waals surface area contributed by atoms with E-state index in [0.717, 1.165) is 0 Å². The first-order valence-corrected chi connectivity index (χ1v) is 0. The third-order valence-corrected chi connectivity index (χ3v) is 0. The van der Waals surface area contributed by atoms with Crippen LogP contribution in [0.15, 0.2) is 0 Å². The quantitative estimate of drug-likeness (QED) is 0.427. The van der Waals surface area contributed by atoms with Gasteiger partial charge in [-0.3, -0.25) is 0 Å². The van der Waals surface area contributed by atoms with Gasteiger partial charge in [0.2, 0.25) is 0 Å². The Morgan fingerprint density at radius 2 is 1.00 bits per heavy atom. The maximum absolute atomic E-state index is 0. The van der Waals surface area contributed by atoms with E-state index in [0.29, 0.717) is 0 Å². The largest absolute Gasteiger partial charge is 0 e. The van der Waals surface area contributed by atoms with E-state index in [1.54, 1.807) is 0 Å². The van der Waals surface area contributed by atoms with Crippen molar-refractivity contribution in [1.82, 2.24) is 0 Å². The van der Waals surface area contributed by atoms with Crippen LogP contribution in [-0.2, 0) is 46.8 Å².